The molecule has 0 aromatic rings. The van der Waals surface area contributed by atoms with Crippen LogP contribution in [0.5, 0.6) is 0 Å². The number of ether oxygens (including phenoxy) is 1. The van der Waals surface area contributed by atoms with Crippen LogP contribution in [0.1, 0.15) is 32.6 Å². The van der Waals surface area contributed by atoms with Crippen LogP contribution in [0.2, 0.25) is 0 Å². The van der Waals surface area contributed by atoms with E-state index < -0.39 is 18.1 Å². The Morgan fingerprint density at radius 1 is 1.60 bits per heavy atom. The zero-order chi connectivity index (χ0) is 11.7. The molecule has 0 aromatic carbocycles. The van der Waals surface area contributed by atoms with Crippen LogP contribution in [0, 0.1) is 0 Å². The highest BCUT2D eigenvalue weighted by atomic mass is 16.5. The minimum atomic E-state index is -1.22. The SMILES string of the molecule is C=CCOC(=O)[C@H](O)[C@H](N)CCCCC. The summed E-state index contributed by atoms with van der Waals surface area (Å²) < 4.78 is 4.69. The second-order valence-corrected chi connectivity index (χ2v) is 3.52. The molecule has 0 fully saturated rings. The van der Waals surface area contributed by atoms with E-state index in [-0.39, 0.29) is 6.61 Å². The Morgan fingerprint density at radius 2 is 2.27 bits per heavy atom. The molecular formula is C11H21NO3. The Balaban J connectivity index is 3.79. The van der Waals surface area contributed by atoms with Crippen LogP contribution in [0.25, 0.3) is 0 Å². The molecule has 0 radical (unpaired) electrons. The Hall–Kier alpha value is -0.870. The van der Waals surface area contributed by atoms with E-state index in [1.54, 1.807) is 0 Å². The minimum Gasteiger partial charge on any atom is -0.460 e. The Labute approximate surface area is 91.1 Å². The molecule has 0 heterocycles. The average molecular weight is 215 g/mol. The van der Waals surface area contributed by atoms with Gasteiger partial charge in [-0.2, -0.15) is 0 Å². The van der Waals surface area contributed by atoms with Crippen LogP contribution in [0.4, 0.5) is 0 Å². The van der Waals surface area contributed by atoms with E-state index in [1.807, 2.05) is 0 Å². The van der Waals surface area contributed by atoms with Crippen LogP contribution in [-0.2, 0) is 9.53 Å². The van der Waals surface area contributed by atoms with Crippen molar-refractivity contribution < 1.29 is 14.6 Å². The first-order valence-electron chi connectivity index (χ1n) is 5.34. The summed E-state index contributed by atoms with van der Waals surface area (Å²) in [5.41, 5.74) is 5.65. The van der Waals surface area contributed by atoms with E-state index in [4.69, 9.17) is 10.5 Å². The topological polar surface area (TPSA) is 72.5 Å². The third-order valence-corrected chi connectivity index (χ3v) is 2.13. The van der Waals surface area contributed by atoms with Crippen molar-refractivity contribution in [3.63, 3.8) is 0 Å². The fourth-order valence-corrected chi connectivity index (χ4v) is 1.19. The maximum Gasteiger partial charge on any atom is 0.336 e. The zero-order valence-corrected chi connectivity index (χ0v) is 9.32. The molecule has 15 heavy (non-hydrogen) atoms. The number of aliphatic hydroxyl groups is 1. The van der Waals surface area contributed by atoms with Gasteiger partial charge in [0.2, 0.25) is 0 Å². The van der Waals surface area contributed by atoms with Crippen LogP contribution in [-0.4, -0.2) is 29.8 Å². The number of carbonyl (C=O) groups excluding carboxylic acids is 1. The number of nitrogens with two attached hydrogens (primary N) is 1. The maximum absolute atomic E-state index is 11.2. The second kappa shape index (κ2) is 8.44. The number of carbonyl (C=O) groups is 1. The fourth-order valence-electron chi connectivity index (χ4n) is 1.19. The first-order valence-corrected chi connectivity index (χ1v) is 5.34. The van der Waals surface area contributed by atoms with Gasteiger partial charge in [0.15, 0.2) is 6.10 Å². The van der Waals surface area contributed by atoms with Gasteiger partial charge in [-0.05, 0) is 6.42 Å². The molecule has 0 aliphatic heterocycles. The predicted octanol–water partition coefficient (Wildman–Crippen LogP) is 0.984. The molecule has 4 nitrogen and oxygen atoms in total. The van der Waals surface area contributed by atoms with Gasteiger partial charge < -0.3 is 15.6 Å². The minimum absolute atomic E-state index is 0.109. The van der Waals surface area contributed by atoms with Crippen LogP contribution >= 0.6 is 0 Å². The standard InChI is InChI=1S/C11H21NO3/c1-3-5-6-7-9(12)10(13)11(14)15-8-4-2/h4,9-10,13H,2-3,5-8,12H2,1H3/t9-,10-/m1/s1. The summed E-state index contributed by atoms with van der Waals surface area (Å²) in [6, 6.07) is -0.533. The van der Waals surface area contributed by atoms with E-state index >= 15 is 0 Å². The van der Waals surface area contributed by atoms with E-state index in [9.17, 15) is 9.90 Å². The summed E-state index contributed by atoms with van der Waals surface area (Å²) in [5.74, 6) is -0.668. The van der Waals surface area contributed by atoms with Crippen molar-refractivity contribution in [2.24, 2.45) is 5.73 Å². The van der Waals surface area contributed by atoms with Crippen molar-refractivity contribution in [3.8, 4) is 0 Å². The van der Waals surface area contributed by atoms with Gasteiger partial charge in [0.05, 0.1) is 0 Å². The maximum atomic E-state index is 11.2. The molecule has 0 aromatic heterocycles. The third kappa shape index (κ3) is 6.25. The smallest absolute Gasteiger partial charge is 0.336 e. The highest BCUT2D eigenvalue weighted by Crippen LogP contribution is 2.06. The Morgan fingerprint density at radius 3 is 2.80 bits per heavy atom. The lowest BCUT2D eigenvalue weighted by atomic mass is 10.0. The van der Waals surface area contributed by atoms with Gasteiger partial charge in [0, 0.05) is 6.04 Å². The quantitative estimate of drug-likeness (QED) is 0.360. The number of aliphatic hydroxyl groups excluding tert-OH is 1. The van der Waals surface area contributed by atoms with Gasteiger partial charge in [-0.1, -0.05) is 38.8 Å². The lowest BCUT2D eigenvalue weighted by molar-refractivity contribution is -0.153. The molecule has 0 unspecified atom stereocenters. The zero-order valence-electron chi connectivity index (χ0n) is 9.32. The number of hydrogen-bond donors (Lipinski definition) is 2. The summed E-state index contributed by atoms with van der Waals surface area (Å²) in [6.07, 6.45) is 3.93. The first kappa shape index (κ1) is 14.1. The predicted molar refractivity (Wildman–Crippen MR) is 59.3 cm³/mol. The highest BCUT2D eigenvalue weighted by Gasteiger charge is 2.23. The van der Waals surface area contributed by atoms with Gasteiger partial charge in [-0.25, -0.2) is 4.79 Å². The van der Waals surface area contributed by atoms with E-state index in [0.717, 1.165) is 19.3 Å². The van der Waals surface area contributed by atoms with E-state index in [2.05, 4.69) is 13.5 Å². The molecule has 2 atom stereocenters. The molecule has 0 aliphatic rings. The van der Waals surface area contributed by atoms with Crippen molar-refractivity contribution in [3.05, 3.63) is 12.7 Å². The van der Waals surface area contributed by atoms with Gasteiger partial charge in [-0.15, -0.1) is 0 Å². The summed E-state index contributed by atoms with van der Waals surface area (Å²) in [7, 11) is 0. The fraction of sp³-hybridized carbons (Fsp3) is 0.727. The third-order valence-electron chi connectivity index (χ3n) is 2.13. The lowest BCUT2D eigenvalue weighted by Gasteiger charge is -2.16. The molecule has 0 saturated heterocycles. The van der Waals surface area contributed by atoms with Crippen LogP contribution < -0.4 is 5.73 Å². The largest absolute Gasteiger partial charge is 0.460 e. The average Bonchev–Trinajstić information content (AvgIpc) is 2.24. The van der Waals surface area contributed by atoms with Crippen molar-refractivity contribution in [2.75, 3.05) is 6.61 Å². The number of unbranched alkanes of at least 4 members (excludes halogenated alkanes) is 2. The summed E-state index contributed by atoms with van der Waals surface area (Å²) in [6.45, 7) is 5.60. The van der Waals surface area contributed by atoms with Gasteiger partial charge >= 0.3 is 5.97 Å². The van der Waals surface area contributed by atoms with Crippen molar-refractivity contribution in [1.82, 2.24) is 0 Å². The monoisotopic (exact) mass is 215 g/mol. The molecule has 0 bridgehead atoms. The Kier molecular flexibility index (Phi) is 7.95. The number of rotatable bonds is 8. The summed E-state index contributed by atoms with van der Waals surface area (Å²) >= 11 is 0. The molecule has 0 saturated carbocycles. The first-order chi connectivity index (χ1) is 7.13. The number of esters is 1. The summed E-state index contributed by atoms with van der Waals surface area (Å²) in [4.78, 5) is 11.2. The van der Waals surface area contributed by atoms with Crippen LogP contribution in [0.3, 0.4) is 0 Å². The lowest BCUT2D eigenvalue weighted by Crippen LogP contribution is -2.41. The van der Waals surface area contributed by atoms with Gasteiger partial charge in [0.25, 0.3) is 0 Å². The Bertz CT molecular complexity index is 194. The second-order valence-electron chi connectivity index (χ2n) is 3.52. The molecule has 0 amide bonds. The molecule has 0 aliphatic carbocycles. The molecule has 0 rings (SSSR count). The van der Waals surface area contributed by atoms with E-state index in [0.29, 0.717) is 6.42 Å². The van der Waals surface area contributed by atoms with Gasteiger partial charge in [-0.3, -0.25) is 0 Å². The van der Waals surface area contributed by atoms with Crippen molar-refractivity contribution in [1.29, 1.82) is 0 Å². The van der Waals surface area contributed by atoms with Gasteiger partial charge in [0.1, 0.15) is 6.61 Å². The van der Waals surface area contributed by atoms with Crippen molar-refractivity contribution >= 4 is 5.97 Å². The highest BCUT2D eigenvalue weighted by molar-refractivity contribution is 5.75. The number of hydrogen-bond acceptors (Lipinski definition) is 4. The van der Waals surface area contributed by atoms with Crippen molar-refractivity contribution in [2.45, 2.75) is 44.8 Å². The molecule has 88 valence electrons. The normalized spacial score (nSPS) is 14.3. The molecule has 0 spiro atoms. The molecule has 4 heteroatoms. The summed E-state index contributed by atoms with van der Waals surface area (Å²) in [5, 5.41) is 9.48. The van der Waals surface area contributed by atoms with Crippen LogP contribution in [0.15, 0.2) is 12.7 Å². The van der Waals surface area contributed by atoms with E-state index in [1.165, 1.54) is 6.08 Å². The molecular weight excluding hydrogens is 194 g/mol. The molecule has 3 N–H and O–H groups in total.